The molecule has 168 valence electrons. The number of carbonyl (C=O) groups is 2. The molecule has 2 aliphatic rings. The number of carbonyl (C=O) groups excluding carboxylic acids is 2. The van der Waals surface area contributed by atoms with E-state index in [0.29, 0.717) is 60.3 Å². The van der Waals surface area contributed by atoms with Crippen LogP contribution in [0.5, 0.6) is 11.5 Å². The van der Waals surface area contributed by atoms with Crippen molar-refractivity contribution in [1.29, 1.82) is 0 Å². The van der Waals surface area contributed by atoms with E-state index in [1.54, 1.807) is 30.3 Å². The van der Waals surface area contributed by atoms with Gasteiger partial charge in [0.2, 0.25) is 0 Å². The lowest BCUT2D eigenvalue weighted by Crippen LogP contribution is -2.37. The van der Waals surface area contributed by atoms with Crippen LogP contribution >= 0.6 is 0 Å². The zero-order chi connectivity index (χ0) is 22.7. The van der Waals surface area contributed by atoms with Crippen LogP contribution in [0, 0.1) is 5.82 Å². The first-order valence-electron chi connectivity index (χ1n) is 11.1. The lowest BCUT2D eigenvalue weighted by Gasteiger charge is -2.29. The van der Waals surface area contributed by atoms with Crippen molar-refractivity contribution >= 4 is 23.1 Å². The summed E-state index contributed by atoms with van der Waals surface area (Å²) < 4.78 is 24.8. The van der Waals surface area contributed by atoms with Crippen molar-refractivity contribution in [3.8, 4) is 11.5 Å². The molecule has 6 nitrogen and oxygen atoms in total. The maximum atomic E-state index is 13.6. The first-order valence-corrected chi connectivity index (χ1v) is 11.1. The molecule has 2 aliphatic heterocycles. The smallest absolute Gasteiger partial charge is 0.282 e. The summed E-state index contributed by atoms with van der Waals surface area (Å²) in [4.78, 5) is 30.4. The van der Waals surface area contributed by atoms with Crippen LogP contribution in [0.25, 0.3) is 5.57 Å². The van der Waals surface area contributed by atoms with Crippen molar-refractivity contribution in [2.24, 2.45) is 0 Å². The van der Waals surface area contributed by atoms with E-state index in [0.717, 1.165) is 19.3 Å². The monoisotopic (exact) mass is 438 g/mol. The molecule has 2 heterocycles. The lowest BCUT2D eigenvalue weighted by molar-refractivity contribution is -0.120. The van der Waals surface area contributed by atoms with Gasteiger partial charge in [-0.25, -0.2) is 9.29 Å². The van der Waals surface area contributed by atoms with E-state index in [4.69, 9.17) is 9.47 Å². The molecule has 1 fully saturated rings. The number of nitrogens with zero attached hydrogens (tertiary/aromatic N) is 2. The van der Waals surface area contributed by atoms with E-state index in [2.05, 4.69) is 0 Å². The van der Waals surface area contributed by atoms with Crippen molar-refractivity contribution < 1.29 is 23.5 Å². The van der Waals surface area contributed by atoms with Crippen LogP contribution < -0.4 is 14.4 Å². The average Bonchev–Trinajstić information content (AvgIpc) is 3.06. The number of anilines is 1. The summed E-state index contributed by atoms with van der Waals surface area (Å²) in [5.41, 5.74) is 1.64. The van der Waals surface area contributed by atoms with Gasteiger partial charge < -0.3 is 14.4 Å². The number of halogens is 1. The molecule has 0 aliphatic carbocycles. The fraction of sp³-hybridized carbons (Fsp3) is 0.360. The van der Waals surface area contributed by atoms with Crippen LogP contribution in [0.3, 0.4) is 0 Å². The summed E-state index contributed by atoms with van der Waals surface area (Å²) >= 11 is 0. The van der Waals surface area contributed by atoms with Crippen LogP contribution in [-0.4, -0.2) is 43.0 Å². The van der Waals surface area contributed by atoms with Crippen LogP contribution in [-0.2, 0) is 9.59 Å². The van der Waals surface area contributed by atoms with Gasteiger partial charge in [-0.15, -0.1) is 0 Å². The Labute approximate surface area is 187 Å². The molecule has 7 heteroatoms. The Hall–Kier alpha value is -3.35. The second-order valence-corrected chi connectivity index (χ2v) is 7.72. The normalized spacial score (nSPS) is 16.7. The summed E-state index contributed by atoms with van der Waals surface area (Å²) in [5, 5.41) is 0. The van der Waals surface area contributed by atoms with Gasteiger partial charge in [0.05, 0.1) is 24.5 Å². The fourth-order valence-electron chi connectivity index (χ4n) is 4.22. The van der Waals surface area contributed by atoms with Gasteiger partial charge in [0.15, 0.2) is 11.5 Å². The summed E-state index contributed by atoms with van der Waals surface area (Å²) in [6.45, 7) is 6.04. The Balaban J connectivity index is 1.78. The molecule has 0 aromatic heterocycles. The molecule has 0 spiro atoms. The van der Waals surface area contributed by atoms with Gasteiger partial charge in [-0.1, -0.05) is 12.1 Å². The zero-order valence-corrected chi connectivity index (χ0v) is 18.4. The van der Waals surface area contributed by atoms with Gasteiger partial charge >= 0.3 is 0 Å². The van der Waals surface area contributed by atoms with E-state index < -0.39 is 11.7 Å². The number of amides is 2. The molecule has 0 saturated carbocycles. The van der Waals surface area contributed by atoms with Gasteiger partial charge in [-0.3, -0.25) is 9.59 Å². The maximum Gasteiger partial charge on any atom is 0.282 e. The van der Waals surface area contributed by atoms with Crippen LogP contribution in [0.15, 0.2) is 48.2 Å². The third kappa shape index (κ3) is 4.07. The van der Waals surface area contributed by atoms with Gasteiger partial charge in [0.1, 0.15) is 11.5 Å². The molecular formula is C25H27FN2O4. The first-order chi connectivity index (χ1) is 15.5. The van der Waals surface area contributed by atoms with E-state index >= 15 is 0 Å². The quantitative estimate of drug-likeness (QED) is 0.600. The molecule has 0 unspecified atom stereocenters. The molecule has 4 rings (SSSR count). The predicted octanol–water partition coefficient (Wildman–Crippen LogP) is 4.39. The number of benzene rings is 2. The summed E-state index contributed by atoms with van der Waals surface area (Å²) in [6, 6.07) is 10.8. The van der Waals surface area contributed by atoms with Crippen molar-refractivity contribution in [1.82, 2.24) is 4.90 Å². The van der Waals surface area contributed by atoms with Gasteiger partial charge in [-0.2, -0.15) is 0 Å². The third-order valence-electron chi connectivity index (χ3n) is 5.65. The van der Waals surface area contributed by atoms with Gasteiger partial charge in [0, 0.05) is 19.2 Å². The minimum Gasteiger partial charge on any atom is -0.490 e. The molecule has 0 radical (unpaired) electrons. The Morgan fingerprint density at radius 2 is 1.50 bits per heavy atom. The third-order valence-corrected chi connectivity index (χ3v) is 5.65. The Kier molecular flexibility index (Phi) is 6.44. The number of ether oxygens (including phenoxy) is 2. The van der Waals surface area contributed by atoms with Crippen molar-refractivity contribution in [2.45, 2.75) is 33.1 Å². The zero-order valence-electron chi connectivity index (χ0n) is 18.4. The van der Waals surface area contributed by atoms with Crippen LogP contribution in [0.1, 0.15) is 38.7 Å². The number of rotatable bonds is 7. The standard InChI is InChI=1S/C25H27FN2O4/c1-3-31-20-13-12-19(16-21(20)32-4-2)28-24(29)22(17-8-10-18(26)11-9-17)23(25(28)30)27-14-6-5-7-15-27/h8-13,16H,3-7,14-15H2,1-2H3. The number of imide groups is 1. The molecular weight excluding hydrogens is 411 g/mol. The highest BCUT2D eigenvalue weighted by molar-refractivity contribution is 6.45. The van der Waals surface area contributed by atoms with Gasteiger partial charge in [-0.05, 0) is 62.9 Å². The SMILES string of the molecule is CCOc1ccc(N2C(=O)C(c3ccc(F)cc3)=C(N3CCCCC3)C2=O)cc1OCC. The molecule has 0 atom stereocenters. The predicted molar refractivity (Wildman–Crippen MR) is 120 cm³/mol. The summed E-state index contributed by atoms with van der Waals surface area (Å²) in [7, 11) is 0. The molecule has 2 aromatic rings. The molecule has 0 bridgehead atoms. The van der Waals surface area contributed by atoms with E-state index in [1.807, 2.05) is 18.7 Å². The number of likely N-dealkylation sites (tertiary alicyclic amines) is 1. The molecule has 32 heavy (non-hydrogen) atoms. The van der Waals surface area contributed by atoms with Crippen LogP contribution in [0.2, 0.25) is 0 Å². The number of hydrogen-bond donors (Lipinski definition) is 0. The second kappa shape index (κ2) is 9.42. The summed E-state index contributed by atoms with van der Waals surface area (Å²) in [5.74, 6) is -0.158. The van der Waals surface area contributed by atoms with Crippen molar-refractivity contribution in [2.75, 3.05) is 31.2 Å². The molecule has 2 amide bonds. The highest BCUT2D eigenvalue weighted by Crippen LogP contribution is 2.39. The van der Waals surface area contributed by atoms with Gasteiger partial charge in [0.25, 0.3) is 11.8 Å². The second-order valence-electron chi connectivity index (χ2n) is 7.72. The van der Waals surface area contributed by atoms with Crippen LogP contribution in [0.4, 0.5) is 10.1 Å². The highest BCUT2D eigenvalue weighted by atomic mass is 19.1. The molecule has 1 saturated heterocycles. The van der Waals surface area contributed by atoms with Crippen molar-refractivity contribution in [3.63, 3.8) is 0 Å². The van der Waals surface area contributed by atoms with E-state index in [1.165, 1.54) is 17.0 Å². The summed E-state index contributed by atoms with van der Waals surface area (Å²) in [6.07, 6.45) is 3.01. The van der Waals surface area contributed by atoms with Crippen molar-refractivity contribution in [3.05, 3.63) is 59.5 Å². The largest absolute Gasteiger partial charge is 0.490 e. The maximum absolute atomic E-state index is 13.6. The van der Waals surface area contributed by atoms with E-state index in [9.17, 15) is 14.0 Å². The Bertz CT molecular complexity index is 1040. The molecule has 2 aromatic carbocycles. The average molecular weight is 438 g/mol. The molecule has 0 N–H and O–H groups in total. The topological polar surface area (TPSA) is 59.1 Å². The minimum atomic E-state index is -0.422. The fourth-order valence-corrected chi connectivity index (χ4v) is 4.22. The highest BCUT2D eigenvalue weighted by Gasteiger charge is 2.43. The Morgan fingerprint density at radius 3 is 2.16 bits per heavy atom. The van der Waals surface area contributed by atoms with E-state index in [-0.39, 0.29) is 5.91 Å². The minimum absolute atomic E-state index is 0.309. The lowest BCUT2D eigenvalue weighted by atomic mass is 10.0. The number of piperidine rings is 1. The Morgan fingerprint density at radius 1 is 0.844 bits per heavy atom. The first kappa shape index (κ1) is 21.9. The number of hydrogen-bond acceptors (Lipinski definition) is 5.